The molecule has 2 unspecified atom stereocenters. The highest BCUT2D eigenvalue weighted by atomic mass is 32.1. The lowest BCUT2D eigenvalue weighted by Crippen LogP contribution is -2.27. The van der Waals surface area contributed by atoms with E-state index in [1.54, 1.807) is 0 Å². The molecular weight excluding hydrogens is 280 g/mol. The Morgan fingerprint density at radius 2 is 2.29 bits per heavy atom. The second-order valence-corrected chi connectivity index (χ2v) is 7.67. The monoisotopic (exact) mass is 308 g/mol. The van der Waals surface area contributed by atoms with Crippen LogP contribution in [-0.4, -0.2) is 50.2 Å². The van der Waals surface area contributed by atoms with Gasteiger partial charge in [0.2, 0.25) is 0 Å². The minimum Gasteiger partial charge on any atom is -0.351 e. The molecule has 3 rings (SSSR count). The van der Waals surface area contributed by atoms with Gasteiger partial charge in [0, 0.05) is 25.0 Å². The van der Waals surface area contributed by atoms with E-state index in [-0.39, 0.29) is 0 Å². The fourth-order valence-corrected chi connectivity index (χ4v) is 4.79. The van der Waals surface area contributed by atoms with E-state index in [9.17, 15) is 0 Å². The molecule has 0 aromatic carbocycles. The van der Waals surface area contributed by atoms with E-state index < -0.39 is 0 Å². The Labute approximate surface area is 132 Å². The minimum atomic E-state index is 0.481. The molecule has 1 saturated heterocycles. The average Bonchev–Trinajstić information content (AvgIpc) is 3.06. The number of rotatable bonds is 5. The van der Waals surface area contributed by atoms with Crippen LogP contribution in [0.1, 0.15) is 42.8 Å². The maximum Gasteiger partial charge on any atom is 0.185 e. The molecule has 1 aromatic rings. The predicted octanol–water partition coefficient (Wildman–Crippen LogP) is 2.52. The van der Waals surface area contributed by atoms with Gasteiger partial charge in [-0.25, -0.2) is 4.98 Å². The van der Waals surface area contributed by atoms with Gasteiger partial charge in [0.05, 0.1) is 11.7 Å². The van der Waals surface area contributed by atoms with Crippen molar-refractivity contribution in [2.75, 3.05) is 45.2 Å². The fourth-order valence-electron chi connectivity index (χ4n) is 3.65. The Balaban J connectivity index is 1.68. The van der Waals surface area contributed by atoms with Crippen LogP contribution in [0.3, 0.4) is 0 Å². The number of aryl methyl sites for hydroxylation is 1. The van der Waals surface area contributed by atoms with Crippen LogP contribution < -0.4 is 10.2 Å². The van der Waals surface area contributed by atoms with Crippen LogP contribution in [0.2, 0.25) is 0 Å². The summed E-state index contributed by atoms with van der Waals surface area (Å²) in [7, 11) is 4.44. The first kappa shape index (κ1) is 15.3. The molecule has 21 heavy (non-hydrogen) atoms. The highest BCUT2D eigenvalue weighted by Crippen LogP contribution is 2.36. The topological polar surface area (TPSA) is 31.4 Å². The number of hydrogen-bond donors (Lipinski definition) is 1. The van der Waals surface area contributed by atoms with Crippen molar-refractivity contribution < 1.29 is 0 Å². The van der Waals surface area contributed by atoms with Crippen molar-refractivity contribution >= 4 is 16.5 Å². The van der Waals surface area contributed by atoms with E-state index in [2.05, 4.69) is 36.1 Å². The molecule has 2 aliphatic rings. The van der Waals surface area contributed by atoms with E-state index in [1.165, 1.54) is 54.5 Å². The highest BCUT2D eigenvalue weighted by molar-refractivity contribution is 7.15. The molecule has 1 aliphatic heterocycles. The SMILES string of the molecule is CCNC1CCCc2sc(N(C)CC3CCN(C)C3)nc21. The summed E-state index contributed by atoms with van der Waals surface area (Å²) in [5.41, 5.74) is 1.33. The second-order valence-electron chi connectivity index (χ2n) is 6.60. The Morgan fingerprint density at radius 3 is 3.00 bits per heavy atom. The van der Waals surface area contributed by atoms with Gasteiger partial charge in [-0.05, 0) is 51.7 Å². The summed E-state index contributed by atoms with van der Waals surface area (Å²) in [5.74, 6) is 0.797. The molecule has 2 atom stereocenters. The lowest BCUT2D eigenvalue weighted by molar-refractivity contribution is 0.396. The Hall–Kier alpha value is -0.650. The summed E-state index contributed by atoms with van der Waals surface area (Å²) in [6, 6.07) is 0.481. The lowest BCUT2D eigenvalue weighted by atomic mass is 9.98. The molecule has 4 nitrogen and oxygen atoms in total. The zero-order valence-corrected chi connectivity index (χ0v) is 14.4. The Morgan fingerprint density at radius 1 is 1.43 bits per heavy atom. The van der Waals surface area contributed by atoms with Crippen LogP contribution in [0, 0.1) is 5.92 Å². The quantitative estimate of drug-likeness (QED) is 0.906. The largest absolute Gasteiger partial charge is 0.351 e. The minimum absolute atomic E-state index is 0.481. The smallest absolute Gasteiger partial charge is 0.185 e. The zero-order chi connectivity index (χ0) is 14.8. The third-order valence-corrected chi connectivity index (χ3v) is 5.99. The van der Waals surface area contributed by atoms with E-state index in [0.29, 0.717) is 6.04 Å². The summed E-state index contributed by atoms with van der Waals surface area (Å²) in [6.07, 6.45) is 5.07. The first-order valence-electron chi connectivity index (χ1n) is 8.30. The van der Waals surface area contributed by atoms with Crippen molar-refractivity contribution in [3.8, 4) is 0 Å². The van der Waals surface area contributed by atoms with Gasteiger partial charge in [0.25, 0.3) is 0 Å². The maximum absolute atomic E-state index is 4.98. The molecule has 0 saturated carbocycles. The summed E-state index contributed by atoms with van der Waals surface area (Å²) in [5, 5.41) is 4.81. The van der Waals surface area contributed by atoms with Gasteiger partial charge in [-0.15, -0.1) is 11.3 Å². The lowest BCUT2D eigenvalue weighted by Gasteiger charge is -2.21. The van der Waals surface area contributed by atoms with E-state index in [4.69, 9.17) is 4.98 Å². The molecule has 2 heterocycles. The van der Waals surface area contributed by atoms with Gasteiger partial charge in [-0.3, -0.25) is 0 Å². The average molecular weight is 308 g/mol. The van der Waals surface area contributed by atoms with E-state index in [0.717, 1.165) is 19.0 Å². The second kappa shape index (κ2) is 6.63. The number of fused-ring (bicyclic) bond motifs is 1. The molecule has 5 heteroatoms. The first-order chi connectivity index (χ1) is 10.2. The van der Waals surface area contributed by atoms with Crippen LogP contribution in [-0.2, 0) is 6.42 Å². The van der Waals surface area contributed by atoms with E-state index in [1.807, 2.05) is 11.3 Å². The van der Waals surface area contributed by atoms with Crippen molar-refractivity contribution in [1.29, 1.82) is 0 Å². The summed E-state index contributed by atoms with van der Waals surface area (Å²) >= 11 is 1.92. The van der Waals surface area contributed by atoms with Crippen LogP contribution >= 0.6 is 11.3 Å². The molecule has 0 bridgehead atoms. The van der Waals surface area contributed by atoms with Crippen LogP contribution in [0.5, 0.6) is 0 Å². The molecule has 1 aromatic heterocycles. The van der Waals surface area contributed by atoms with Gasteiger partial charge >= 0.3 is 0 Å². The predicted molar refractivity (Wildman–Crippen MR) is 90.3 cm³/mol. The summed E-state index contributed by atoms with van der Waals surface area (Å²) in [4.78, 5) is 11.3. The molecular formula is C16H28N4S. The van der Waals surface area contributed by atoms with Gasteiger partial charge < -0.3 is 15.1 Å². The number of nitrogens with one attached hydrogen (secondary N) is 1. The summed E-state index contributed by atoms with van der Waals surface area (Å²) < 4.78 is 0. The molecule has 0 spiro atoms. The van der Waals surface area contributed by atoms with Crippen molar-refractivity contribution in [2.24, 2.45) is 5.92 Å². The zero-order valence-electron chi connectivity index (χ0n) is 13.6. The Bertz CT molecular complexity index is 473. The fraction of sp³-hybridized carbons (Fsp3) is 0.812. The van der Waals surface area contributed by atoms with Crippen LogP contribution in [0.15, 0.2) is 0 Å². The maximum atomic E-state index is 4.98. The highest BCUT2D eigenvalue weighted by Gasteiger charge is 2.26. The third-order valence-electron chi connectivity index (χ3n) is 4.74. The molecule has 1 fully saturated rings. The number of hydrogen-bond acceptors (Lipinski definition) is 5. The number of anilines is 1. The van der Waals surface area contributed by atoms with Crippen molar-refractivity contribution in [2.45, 2.75) is 38.6 Å². The summed E-state index contributed by atoms with van der Waals surface area (Å²) in [6.45, 7) is 6.83. The van der Waals surface area contributed by atoms with Crippen LogP contribution in [0.25, 0.3) is 0 Å². The first-order valence-corrected chi connectivity index (χ1v) is 9.11. The van der Waals surface area contributed by atoms with Gasteiger partial charge in [-0.1, -0.05) is 6.92 Å². The molecule has 1 aliphatic carbocycles. The molecule has 1 N–H and O–H groups in total. The molecule has 0 amide bonds. The Kier molecular flexibility index (Phi) is 4.82. The van der Waals surface area contributed by atoms with Crippen molar-refractivity contribution in [3.63, 3.8) is 0 Å². The molecule has 0 radical (unpaired) electrons. The van der Waals surface area contributed by atoms with Crippen molar-refractivity contribution in [1.82, 2.24) is 15.2 Å². The van der Waals surface area contributed by atoms with E-state index >= 15 is 0 Å². The van der Waals surface area contributed by atoms with Crippen LogP contribution in [0.4, 0.5) is 5.13 Å². The standard InChI is InChI=1S/C16H28N4S/c1-4-17-13-6-5-7-14-15(13)18-16(21-14)20(3)11-12-8-9-19(2)10-12/h12-13,17H,4-11H2,1-3H3. The number of nitrogens with zero attached hydrogens (tertiary/aromatic N) is 3. The van der Waals surface area contributed by atoms with Crippen molar-refractivity contribution in [3.05, 3.63) is 10.6 Å². The number of likely N-dealkylation sites (tertiary alicyclic amines) is 1. The van der Waals surface area contributed by atoms with Gasteiger partial charge in [0.15, 0.2) is 5.13 Å². The molecule has 118 valence electrons. The van der Waals surface area contributed by atoms with Gasteiger partial charge in [-0.2, -0.15) is 0 Å². The number of aromatic nitrogens is 1. The van der Waals surface area contributed by atoms with Gasteiger partial charge in [0.1, 0.15) is 0 Å². The third kappa shape index (κ3) is 3.41. The number of thiazole rings is 1. The normalized spacial score (nSPS) is 26.0.